The molecule has 3 rings (SSSR count). The molecule has 1 aliphatic heterocycles. The Morgan fingerprint density at radius 2 is 2.11 bits per heavy atom. The van der Waals surface area contributed by atoms with Crippen molar-refractivity contribution in [2.75, 3.05) is 0 Å². The molecule has 100 valence electrons. The molecule has 0 radical (unpaired) electrons. The number of carbonyl (C=O) groups is 3. The molecule has 3 aliphatic rings. The van der Waals surface area contributed by atoms with Crippen LogP contribution in [0.3, 0.4) is 0 Å². The third-order valence-corrected chi connectivity index (χ3v) is 4.79. The summed E-state index contributed by atoms with van der Waals surface area (Å²) in [7, 11) is 0. The number of ether oxygens (including phenoxy) is 1. The second-order valence-electron chi connectivity index (χ2n) is 5.81. The first-order chi connectivity index (χ1) is 8.90. The molecule has 1 saturated heterocycles. The number of Topliss-reactive ketones (excluding diaryl/α,β-unsaturated/α-hetero) is 1. The van der Waals surface area contributed by atoms with Crippen molar-refractivity contribution >= 4 is 17.5 Å². The van der Waals surface area contributed by atoms with E-state index in [1.807, 2.05) is 6.92 Å². The van der Waals surface area contributed by atoms with Crippen LogP contribution >= 0.6 is 0 Å². The van der Waals surface area contributed by atoms with Gasteiger partial charge in [-0.05, 0) is 19.4 Å². The molecule has 19 heavy (non-hydrogen) atoms. The number of ketones is 2. The number of allylic oxidation sites excluding steroid dienone is 2. The van der Waals surface area contributed by atoms with Crippen LogP contribution < -0.4 is 0 Å². The third-order valence-electron chi connectivity index (χ3n) is 4.79. The average Bonchev–Trinajstić information content (AvgIpc) is 2.62. The predicted octanol–water partition coefficient (Wildman–Crippen LogP) is 1.60. The minimum Gasteiger partial charge on any atom is -0.458 e. The molecule has 0 unspecified atom stereocenters. The first-order valence-electron chi connectivity index (χ1n) is 6.59. The summed E-state index contributed by atoms with van der Waals surface area (Å²) < 4.78 is 5.30. The first-order valence-corrected chi connectivity index (χ1v) is 6.59. The van der Waals surface area contributed by atoms with Crippen molar-refractivity contribution < 1.29 is 19.1 Å². The van der Waals surface area contributed by atoms with Crippen molar-refractivity contribution in [1.29, 1.82) is 0 Å². The van der Waals surface area contributed by atoms with Crippen LogP contribution in [0.15, 0.2) is 23.8 Å². The number of esters is 1. The van der Waals surface area contributed by atoms with Crippen molar-refractivity contribution in [3.05, 3.63) is 23.8 Å². The summed E-state index contributed by atoms with van der Waals surface area (Å²) in [5.41, 5.74) is 0.149. The Labute approximate surface area is 111 Å². The van der Waals surface area contributed by atoms with Crippen LogP contribution in [-0.4, -0.2) is 23.6 Å². The van der Waals surface area contributed by atoms with Gasteiger partial charge in [-0.1, -0.05) is 19.1 Å². The summed E-state index contributed by atoms with van der Waals surface area (Å²) in [6.07, 6.45) is 2.12. The molecule has 0 aromatic rings. The molecule has 0 N–H and O–H groups in total. The zero-order chi connectivity index (χ0) is 13.9. The van der Waals surface area contributed by atoms with Gasteiger partial charge < -0.3 is 4.74 Å². The quantitative estimate of drug-likeness (QED) is 0.408. The fourth-order valence-electron chi connectivity index (χ4n) is 3.60. The van der Waals surface area contributed by atoms with Crippen molar-refractivity contribution in [3.8, 4) is 0 Å². The Hall–Kier alpha value is -1.71. The van der Waals surface area contributed by atoms with E-state index < -0.39 is 17.3 Å². The maximum absolute atomic E-state index is 12.6. The van der Waals surface area contributed by atoms with Crippen molar-refractivity contribution in [3.63, 3.8) is 0 Å². The van der Waals surface area contributed by atoms with Gasteiger partial charge in [0.25, 0.3) is 0 Å². The van der Waals surface area contributed by atoms with Gasteiger partial charge in [0.05, 0.1) is 11.3 Å². The summed E-state index contributed by atoms with van der Waals surface area (Å²) in [6, 6.07) is 0. The number of carbonyl (C=O) groups excluding carboxylic acids is 3. The monoisotopic (exact) mass is 260 g/mol. The van der Waals surface area contributed by atoms with Crippen LogP contribution in [0.25, 0.3) is 0 Å². The summed E-state index contributed by atoms with van der Waals surface area (Å²) in [6.45, 7) is 7.35. The van der Waals surface area contributed by atoms with E-state index in [1.165, 1.54) is 0 Å². The third kappa shape index (κ3) is 1.37. The van der Waals surface area contributed by atoms with E-state index in [2.05, 4.69) is 6.58 Å². The van der Waals surface area contributed by atoms with Crippen molar-refractivity contribution in [1.82, 2.24) is 0 Å². The van der Waals surface area contributed by atoms with Gasteiger partial charge in [-0.3, -0.25) is 9.59 Å². The highest BCUT2D eigenvalue weighted by Crippen LogP contribution is 2.52. The Morgan fingerprint density at radius 1 is 1.42 bits per heavy atom. The fourth-order valence-corrected chi connectivity index (χ4v) is 3.60. The molecule has 4 nitrogen and oxygen atoms in total. The van der Waals surface area contributed by atoms with Crippen molar-refractivity contribution in [2.24, 2.45) is 17.3 Å². The smallest absolute Gasteiger partial charge is 0.334 e. The maximum Gasteiger partial charge on any atom is 0.334 e. The lowest BCUT2D eigenvalue weighted by atomic mass is 9.56. The Bertz CT molecular complexity index is 556. The van der Waals surface area contributed by atoms with Crippen LogP contribution in [0.2, 0.25) is 0 Å². The van der Waals surface area contributed by atoms with E-state index in [0.717, 1.165) is 5.57 Å². The molecule has 1 heterocycles. The minimum absolute atomic E-state index is 0.0717. The van der Waals surface area contributed by atoms with Gasteiger partial charge in [-0.25, -0.2) is 4.79 Å². The second-order valence-corrected chi connectivity index (χ2v) is 5.81. The lowest BCUT2D eigenvalue weighted by Gasteiger charge is -2.44. The van der Waals surface area contributed by atoms with E-state index in [1.54, 1.807) is 13.0 Å². The highest BCUT2D eigenvalue weighted by Gasteiger charge is 2.61. The van der Waals surface area contributed by atoms with Crippen LogP contribution in [0.1, 0.15) is 26.7 Å². The molecule has 0 aromatic heterocycles. The van der Waals surface area contributed by atoms with Gasteiger partial charge in [0.1, 0.15) is 6.10 Å². The highest BCUT2D eigenvalue weighted by molar-refractivity contribution is 6.17. The molecular formula is C15H16O4. The van der Waals surface area contributed by atoms with Gasteiger partial charge in [-0.15, -0.1) is 0 Å². The molecule has 0 spiro atoms. The Morgan fingerprint density at radius 3 is 2.74 bits per heavy atom. The van der Waals surface area contributed by atoms with E-state index in [9.17, 15) is 14.4 Å². The van der Waals surface area contributed by atoms with E-state index in [4.69, 9.17) is 4.74 Å². The van der Waals surface area contributed by atoms with Crippen LogP contribution in [0, 0.1) is 17.3 Å². The molecule has 4 atom stereocenters. The molecule has 2 fully saturated rings. The molecule has 0 amide bonds. The Kier molecular flexibility index (Phi) is 2.37. The number of hydrogen-bond donors (Lipinski definition) is 0. The maximum atomic E-state index is 12.6. The SMILES string of the molecule is C=C1C(=O)O[C@H]2C[C@]3(C)C(=O)C=C(CC)[C@@H](C3=O)[C@@H]12. The Balaban J connectivity index is 2.16. The second kappa shape index (κ2) is 3.65. The zero-order valence-electron chi connectivity index (χ0n) is 11.1. The first kappa shape index (κ1) is 12.3. The lowest BCUT2D eigenvalue weighted by Crippen LogP contribution is -2.54. The number of hydrogen-bond acceptors (Lipinski definition) is 4. The van der Waals surface area contributed by atoms with Gasteiger partial charge in [0.2, 0.25) is 0 Å². The van der Waals surface area contributed by atoms with Crippen LogP contribution in [0.4, 0.5) is 0 Å². The molecule has 0 aromatic carbocycles. The van der Waals surface area contributed by atoms with Crippen molar-refractivity contribution in [2.45, 2.75) is 32.8 Å². The zero-order valence-corrected chi connectivity index (χ0v) is 11.1. The van der Waals surface area contributed by atoms with Gasteiger partial charge in [0.15, 0.2) is 11.6 Å². The topological polar surface area (TPSA) is 60.4 Å². The van der Waals surface area contributed by atoms with Gasteiger partial charge in [-0.2, -0.15) is 0 Å². The summed E-state index contributed by atoms with van der Waals surface area (Å²) in [5, 5.41) is 0. The summed E-state index contributed by atoms with van der Waals surface area (Å²) in [4.78, 5) is 36.5. The molecule has 2 bridgehead atoms. The molecule has 2 aliphatic carbocycles. The highest BCUT2D eigenvalue weighted by atomic mass is 16.6. The fraction of sp³-hybridized carbons (Fsp3) is 0.533. The largest absolute Gasteiger partial charge is 0.458 e. The standard InChI is InChI=1S/C15H16O4/c1-4-8-5-10(16)15(3)6-9-11(12(8)13(15)17)7(2)14(18)19-9/h5,9,11-12H,2,4,6H2,1,3H3/t9-,11-,12+,15+/m0/s1. The predicted molar refractivity (Wildman–Crippen MR) is 67.1 cm³/mol. The summed E-state index contributed by atoms with van der Waals surface area (Å²) >= 11 is 0. The molecule has 1 saturated carbocycles. The minimum atomic E-state index is -1.03. The van der Waals surface area contributed by atoms with E-state index in [-0.39, 0.29) is 30.0 Å². The van der Waals surface area contributed by atoms with Crippen LogP contribution in [-0.2, 0) is 19.1 Å². The molecule has 4 heteroatoms. The van der Waals surface area contributed by atoms with Gasteiger partial charge in [0, 0.05) is 17.9 Å². The number of rotatable bonds is 1. The average molecular weight is 260 g/mol. The summed E-state index contributed by atoms with van der Waals surface area (Å²) in [5.74, 6) is -1.35. The van der Waals surface area contributed by atoms with E-state index in [0.29, 0.717) is 12.0 Å². The lowest BCUT2D eigenvalue weighted by molar-refractivity contribution is -0.154. The van der Waals surface area contributed by atoms with Gasteiger partial charge >= 0.3 is 5.97 Å². The van der Waals surface area contributed by atoms with E-state index >= 15 is 0 Å². The molecular weight excluding hydrogens is 244 g/mol. The normalized spacial score (nSPS) is 40.9. The van der Waals surface area contributed by atoms with Crippen LogP contribution in [0.5, 0.6) is 0 Å². The number of fused-ring (bicyclic) bond motifs is 4.